The molecule has 1 aromatic carbocycles. The number of nitrogens with zero attached hydrogens (tertiary/aromatic N) is 2. The van der Waals surface area contributed by atoms with Crippen molar-refractivity contribution >= 4 is 44.9 Å². The van der Waals surface area contributed by atoms with Gasteiger partial charge < -0.3 is 10.8 Å². The summed E-state index contributed by atoms with van der Waals surface area (Å²) in [7, 11) is -3.86. The van der Waals surface area contributed by atoms with Crippen molar-refractivity contribution in [2.24, 2.45) is 10.7 Å². The molecule has 0 aliphatic rings. The summed E-state index contributed by atoms with van der Waals surface area (Å²) < 4.78 is 27.1. The number of carbonyl (C=O) groups is 1. The zero-order valence-electron chi connectivity index (χ0n) is 15.5. The normalized spacial score (nSPS) is 12.1. The molecule has 0 radical (unpaired) electrons. The number of thioether (sulfide) groups is 1. The molecule has 0 aliphatic carbocycles. The number of aliphatic imine (C=N–C) groups is 1. The van der Waals surface area contributed by atoms with Crippen LogP contribution in [0.3, 0.4) is 0 Å². The number of amidine groups is 1. The van der Waals surface area contributed by atoms with E-state index in [-0.39, 0.29) is 20.5 Å². The molecule has 0 unspecified atom stereocenters. The largest absolute Gasteiger partial charge is 0.463 e. The van der Waals surface area contributed by atoms with Gasteiger partial charge in [-0.1, -0.05) is 12.1 Å². The lowest BCUT2D eigenvalue weighted by Gasteiger charge is -2.09. The van der Waals surface area contributed by atoms with E-state index in [0.717, 1.165) is 28.0 Å². The van der Waals surface area contributed by atoms with Gasteiger partial charge in [-0.25, -0.2) is 13.2 Å². The third-order valence-electron chi connectivity index (χ3n) is 4.10. The summed E-state index contributed by atoms with van der Waals surface area (Å²) in [6, 6.07) is 9.87. The van der Waals surface area contributed by atoms with Crippen molar-refractivity contribution in [3.05, 3.63) is 59.2 Å². The Kier molecular flexibility index (Phi) is 6.06. The van der Waals surface area contributed by atoms with Gasteiger partial charge in [0.05, 0.1) is 18.9 Å². The second-order valence-corrected chi connectivity index (χ2v) is 10.0. The van der Waals surface area contributed by atoms with E-state index < -0.39 is 15.9 Å². The second kappa shape index (κ2) is 8.36. The standard InChI is InChI=1S/C19H17N3O4S3/c1-11-6-7-21-10-14(11)12-4-3-5-13(8-12)29(25,26)16-9-15(28-18(16)27-2)17(20)22-19(23)24/h3-10H,1-2H3,(H2,20,22)(H,23,24). The van der Waals surface area contributed by atoms with Crippen molar-refractivity contribution in [1.29, 1.82) is 0 Å². The van der Waals surface area contributed by atoms with Crippen LogP contribution in [0, 0.1) is 6.92 Å². The summed E-state index contributed by atoms with van der Waals surface area (Å²) >= 11 is 2.34. The van der Waals surface area contributed by atoms with E-state index in [2.05, 4.69) is 9.98 Å². The molecule has 0 fully saturated rings. The van der Waals surface area contributed by atoms with Crippen LogP contribution in [0.4, 0.5) is 4.79 Å². The number of amides is 1. The number of thiophene rings is 1. The van der Waals surface area contributed by atoms with Crippen molar-refractivity contribution in [3.63, 3.8) is 0 Å². The summed E-state index contributed by atoms with van der Waals surface area (Å²) in [5.41, 5.74) is 8.27. The lowest BCUT2D eigenvalue weighted by Crippen LogP contribution is -2.13. The Bertz CT molecular complexity index is 1220. The van der Waals surface area contributed by atoms with Gasteiger partial charge >= 0.3 is 6.09 Å². The van der Waals surface area contributed by atoms with Gasteiger partial charge in [-0.2, -0.15) is 4.99 Å². The van der Waals surface area contributed by atoms with Gasteiger partial charge in [0.1, 0.15) is 5.84 Å². The Morgan fingerprint density at radius 2 is 2.03 bits per heavy atom. The fourth-order valence-electron chi connectivity index (χ4n) is 2.70. The summed E-state index contributed by atoms with van der Waals surface area (Å²) in [5.74, 6) is -0.237. The Labute approximate surface area is 176 Å². The SMILES string of the molecule is CSc1sc(/C(N)=N\C(=O)O)cc1S(=O)(=O)c1cccc(-c2cnccc2C)c1. The van der Waals surface area contributed by atoms with Gasteiger partial charge in [0.2, 0.25) is 9.84 Å². The van der Waals surface area contributed by atoms with Crippen LogP contribution in [0.2, 0.25) is 0 Å². The van der Waals surface area contributed by atoms with Gasteiger partial charge in [0.15, 0.2) is 0 Å². The molecule has 3 rings (SSSR count). The first-order chi connectivity index (χ1) is 13.7. The highest BCUT2D eigenvalue weighted by Crippen LogP contribution is 2.37. The minimum absolute atomic E-state index is 0.0774. The van der Waals surface area contributed by atoms with E-state index in [9.17, 15) is 13.2 Å². The number of sulfone groups is 1. The maximum absolute atomic E-state index is 13.3. The smallest absolute Gasteiger partial charge is 0.433 e. The molecule has 3 N–H and O–H groups in total. The predicted octanol–water partition coefficient (Wildman–Crippen LogP) is 4.06. The summed E-state index contributed by atoms with van der Waals surface area (Å²) in [6.07, 6.45) is 3.68. The molecule has 7 nitrogen and oxygen atoms in total. The Hall–Kier alpha value is -2.69. The van der Waals surface area contributed by atoms with Crippen LogP contribution in [0.15, 0.2) is 67.8 Å². The number of aryl methyl sites for hydroxylation is 1. The average molecular weight is 448 g/mol. The first kappa shape index (κ1) is 21.0. The lowest BCUT2D eigenvalue weighted by atomic mass is 10.0. The fourth-order valence-corrected chi connectivity index (χ4v) is 6.64. The molecule has 1 amide bonds. The van der Waals surface area contributed by atoms with Crippen molar-refractivity contribution in [1.82, 2.24) is 4.98 Å². The first-order valence-corrected chi connectivity index (χ1v) is 11.8. The molecule has 10 heteroatoms. The molecular formula is C19H17N3O4S3. The van der Waals surface area contributed by atoms with E-state index in [4.69, 9.17) is 10.8 Å². The topological polar surface area (TPSA) is 123 Å². The van der Waals surface area contributed by atoms with Gasteiger partial charge in [0, 0.05) is 18.0 Å². The molecule has 0 aliphatic heterocycles. The van der Waals surface area contributed by atoms with Crippen LogP contribution >= 0.6 is 23.1 Å². The summed E-state index contributed by atoms with van der Waals surface area (Å²) in [4.78, 5) is 18.7. The zero-order valence-corrected chi connectivity index (χ0v) is 17.9. The number of hydrogen-bond donors (Lipinski definition) is 2. The van der Waals surface area contributed by atoms with Crippen molar-refractivity contribution in [2.75, 3.05) is 6.26 Å². The third kappa shape index (κ3) is 4.34. The van der Waals surface area contributed by atoms with Gasteiger partial charge in [-0.05, 0) is 48.6 Å². The summed E-state index contributed by atoms with van der Waals surface area (Å²) in [6.45, 7) is 1.93. The Balaban J connectivity index is 2.11. The molecule has 29 heavy (non-hydrogen) atoms. The van der Waals surface area contributed by atoms with Crippen molar-refractivity contribution < 1.29 is 18.3 Å². The van der Waals surface area contributed by atoms with Crippen LogP contribution in [-0.2, 0) is 9.84 Å². The third-order valence-corrected chi connectivity index (χ3v) is 8.43. The first-order valence-electron chi connectivity index (χ1n) is 8.25. The number of nitrogens with two attached hydrogens (primary N) is 1. The fraction of sp³-hybridized carbons (Fsp3) is 0.105. The summed E-state index contributed by atoms with van der Waals surface area (Å²) in [5, 5.41) is 8.79. The van der Waals surface area contributed by atoms with Crippen molar-refractivity contribution in [3.8, 4) is 11.1 Å². The molecule has 0 saturated carbocycles. The lowest BCUT2D eigenvalue weighted by molar-refractivity contribution is 0.205. The van der Waals surface area contributed by atoms with Crippen LogP contribution < -0.4 is 5.73 Å². The number of benzene rings is 1. The second-order valence-electron chi connectivity index (χ2n) is 5.97. The number of rotatable bonds is 5. The minimum Gasteiger partial charge on any atom is -0.463 e. The highest BCUT2D eigenvalue weighted by molar-refractivity contribution is 8.01. The monoisotopic (exact) mass is 447 g/mol. The van der Waals surface area contributed by atoms with Crippen LogP contribution in [0.5, 0.6) is 0 Å². The minimum atomic E-state index is -3.86. The average Bonchev–Trinajstić information content (AvgIpc) is 3.13. The molecular weight excluding hydrogens is 430 g/mol. The number of carboxylic acid groups (broad SMARTS) is 1. The highest BCUT2D eigenvalue weighted by Gasteiger charge is 2.25. The molecule has 0 bridgehead atoms. The van der Waals surface area contributed by atoms with Crippen LogP contribution in [-0.4, -0.2) is 36.7 Å². The van der Waals surface area contributed by atoms with E-state index in [0.29, 0.717) is 4.21 Å². The van der Waals surface area contributed by atoms with Crippen LogP contribution in [0.25, 0.3) is 11.1 Å². The van der Waals surface area contributed by atoms with E-state index in [1.165, 1.54) is 23.9 Å². The van der Waals surface area contributed by atoms with E-state index in [1.54, 1.807) is 30.8 Å². The molecule has 0 atom stereocenters. The van der Waals surface area contributed by atoms with Gasteiger partial charge in [0.25, 0.3) is 0 Å². The van der Waals surface area contributed by atoms with E-state index in [1.807, 2.05) is 19.1 Å². The molecule has 150 valence electrons. The van der Waals surface area contributed by atoms with Gasteiger partial charge in [-0.15, -0.1) is 23.1 Å². The highest BCUT2D eigenvalue weighted by atomic mass is 32.2. The van der Waals surface area contributed by atoms with E-state index >= 15 is 0 Å². The molecule has 0 spiro atoms. The molecule has 0 saturated heterocycles. The zero-order chi connectivity index (χ0) is 21.2. The predicted molar refractivity (Wildman–Crippen MR) is 115 cm³/mol. The number of aromatic nitrogens is 1. The number of pyridine rings is 1. The maximum atomic E-state index is 13.3. The maximum Gasteiger partial charge on any atom is 0.433 e. The van der Waals surface area contributed by atoms with Gasteiger partial charge in [-0.3, -0.25) is 4.98 Å². The molecule has 2 heterocycles. The van der Waals surface area contributed by atoms with Crippen LogP contribution in [0.1, 0.15) is 10.4 Å². The molecule has 3 aromatic rings. The van der Waals surface area contributed by atoms with Crippen molar-refractivity contribution in [2.45, 2.75) is 20.9 Å². The number of hydrogen-bond acceptors (Lipinski definition) is 6. The quantitative estimate of drug-likeness (QED) is 0.343. The Morgan fingerprint density at radius 3 is 2.69 bits per heavy atom. The Morgan fingerprint density at radius 1 is 1.28 bits per heavy atom. The molecule has 2 aromatic heterocycles.